The minimum absolute atomic E-state index is 0.167. The van der Waals surface area contributed by atoms with Gasteiger partial charge in [0.15, 0.2) is 5.78 Å². The maximum atomic E-state index is 11.2. The Morgan fingerprint density at radius 2 is 1.23 bits per heavy atom. The summed E-state index contributed by atoms with van der Waals surface area (Å²) in [6, 6.07) is 15.6. The van der Waals surface area contributed by atoms with Crippen molar-refractivity contribution < 1.29 is 19.8 Å². The van der Waals surface area contributed by atoms with Crippen LogP contribution in [-0.2, 0) is 28.9 Å². The predicted molar refractivity (Wildman–Crippen MR) is 101 cm³/mol. The average molecular weight is 355 g/mol. The van der Waals surface area contributed by atoms with Crippen LogP contribution in [0, 0.1) is 0 Å². The van der Waals surface area contributed by atoms with Gasteiger partial charge >= 0.3 is 0 Å². The summed E-state index contributed by atoms with van der Waals surface area (Å²) in [4.78, 5) is 22.3. The third-order valence-corrected chi connectivity index (χ3v) is 4.16. The molecular weight excluding hydrogens is 330 g/mol. The number of carbonyl (C=O) groups excluding carboxylic acids is 2. The highest BCUT2D eigenvalue weighted by atomic mass is 16.3. The summed E-state index contributed by atoms with van der Waals surface area (Å²) in [6.45, 7) is -0.920. The minimum atomic E-state index is -0.513. The Kier molecular flexibility index (Phi) is 7.99. The molecule has 0 aliphatic rings. The van der Waals surface area contributed by atoms with Gasteiger partial charge in [-0.3, -0.25) is 9.59 Å². The molecule has 2 rings (SSSR count). The van der Waals surface area contributed by atoms with Crippen molar-refractivity contribution in [3.8, 4) is 0 Å². The van der Waals surface area contributed by atoms with E-state index in [9.17, 15) is 9.59 Å². The van der Waals surface area contributed by atoms with E-state index in [1.165, 1.54) is 11.1 Å². The zero-order chi connectivity index (χ0) is 18.8. The molecule has 1 amide bonds. The van der Waals surface area contributed by atoms with E-state index >= 15 is 0 Å². The number of unbranched alkanes of at least 4 members (excludes halogenated alkanes) is 1. The fourth-order valence-electron chi connectivity index (χ4n) is 2.72. The van der Waals surface area contributed by atoms with Gasteiger partial charge < -0.3 is 15.5 Å². The number of hydrogen-bond acceptors (Lipinski definition) is 4. The molecule has 0 atom stereocenters. The third kappa shape index (κ3) is 6.78. The van der Waals surface area contributed by atoms with Crippen LogP contribution in [0.5, 0.6) is 0 Å². The number of benzene rings is 2. The Morgan fingerprint density at radius 1 is 0.731 bits per heavy atom. The lowest BCUT2D eigenvalue weighted by Crippen LogP contribution is -2.15. The second kappa shape index (κ2) is 10.5. The molecule has 2 aromatic rings. The fraction of sp³-hybridized carbons (Fsp3) is 0.333. The highest BCUT2D eigenvalue weighted by molar-refractivity contribution is 5.91. The number of nitrogens with one attached hydrogen (secondary N) is 1. The van der Waals surface area contributed by atoms with E-state index in [1.807, 2.05) is 48.5 Å². The second-order valence-electron chi connectivity index (χ2n) is 6.30. The van der Waals surface area contributed by atoms with Crippen molar-refractivity contribution in [1.29, 1.82) is 0 Å². The number of ketones is 1. The number of aliphatic hydroxyl groups excluding tert-OH is 2. The number of aliphatic hydroxyl groups is 2. The summed E-state index contributed by atoms with van der Waals surface area (Å²) in [6.07, 6.45) is 4.37. The Labute approximate surface area is 153 Å². The van der Waals surface area contributed by atoms with Crippen molar-refractivity contribution in [1.82, 2.24) is 0 Å². The van der Waals surface area contributed by atoms with E-state index in [1.54, 1.807) is 0 Å². The minimum Gasteiger partial charge on any atom is -0.389 e. The fourth-order valence-corrected chi connectivity index (χ4v) is 2.72. The molecule has 0 unspecified atom stereocenters. The second-order valence-corrected chi connectivity index (χ2v) is 6.30. The van der Waals surface area contributed by atoms with E-state index in [-0.39, 0.29) is 12.2 Å². The maximum Gasteiger partial charge on any atom is 0.250 e. The van der Waals surface area contributed by atoms with Gasteiger partial charge in [-0.25, -0.2) is 0 Å². The number of amides is 1. The Morgan fingerprint density at radius 3 is 1.73 bits per heavy atom. The summed E-state index contributed by atoms with van der Waals surface area (Å²) in [5, 5.41) is 20.1. The van der Waals surface area contributed by atoms with E-state index in [0.717, 1.165) is 31.2 Å². The van der Waals surface area contributed by atoms with E-state index < -0.39 is 19.1 Å². The molecule has 0 aliphatic heterocycles. The molecule has 0 fully saturated rings. The van der Waals surface area contributed by atoms with E-state index in [2.05, 4.69) is 5.32 Å². The Balaban J connectivity index is 1.71. The maximum absolute atomic E-state index is 11.2. The summed E-state index contributed by atoms with van der Waals surface area (Å²) >= 11 is 0. The molecule has 138 valence electrons. The van der Waals surface area contributed by atoms with Gasteiger partial charge in [-0.05, 0) is 54.5 Å². The first-order valence-electron chi connectivity index (χ1n) is 8.80. The van der Waals surface area contributed by atoms with Crippen LogP contribution in [0.3, 0.4) is 0 Å². The van der Waals surface area contributed by atoms with Crippen molar-refractivity contribution in [2.75, 3.05) is 18.5 Å². The van der Waals surface area contributed by atoms with E-state index in [4.69, 9.17) is 10.2 Å². The molecule has 5 nitrogen and oxygen atoms in total. The van der Waals surface area contributed by atoms with Gasteiger partial charge in [-0.2, -0.15) is 0 Å². The van der Waals surface area contributed by atoms with Gasteiger partial charge in [0.1, 0.15) is 13.2 Å². The zero-order valence-electron chi connectivity index (χ0n) is 14.8. The van der Waals surface area contributed by atoms with Gasteiger partial charge in [-0.15, -0.1) is 0 Å². The largest absolute Gasteiger partial charge is 0.389 e. The van der Waals surface area contributed by atoms with Crippen LogP contribution in [0.4, 0.5) is 5.69 Å². The van der Waals surface area contributed by atoms with Crippen molar-refractivity contribution in [2.24, 2.45) is 0 Å². The van der Waals surface area contributed by atoms with Gasteiger partial charge in [0.2, 0.25) is 5.91 Å². The highest BCUT2D eigenvalue weighted by Crippen LogP contribution is 2.14. The molecule has 0 radical (unpaired) electrons. The first kappa shape index (κ1) is 19.8. The summed E-state index contributed by atoms with van der Waals surface area (Å²) in [5.41, 5.74) is 4.07. The molecule has 0 saturated carbocycles. The summed E-state index contributed by atoms with van der Waals surface area (Å²) < 4.78 is 0. The molecule has 26 heavy (non-hydrogen) atoms. The molecule has 5 heteroatoms. The van der Waals surface area contributed by atoms with Crippen molar-refractivity contribution >= 4 is 17.4 Å². The van der Waals surface area contributed by atoms with Crippen LogP contribution in [-0.4, -0.2) is 35.1 Å². The molecule has 0 bridgehead atoms. The first-order valence-corrected chi connectivity index (χ1v) is 8.80. The van der Waals surface area contributed by atoms with Crippen LogP contribution in [0.1, 0.15) is 29.5 Å². The lowest BCUT2D eigenvalue weighted by Gasteiger charge is -2.06. The van der Waals surface area contributed by atoms with Gasteiger partial charge in [0, 0.05) is 12.1 Å². The third-order valence-electron chi connectivity index (χ3n) is 4.16. The van der Waals surface area contributed by atoms with Crippen molar-refractivity contribution in [2.45, 2.75) is 32.1 Å². The first-order chi connectivity index (χ1) is 12.6. The highest BCUT2D eigenvalue weighted by Gasteiger charge is 2.03. The number of rotatable bonds is 10. The SMILES string of the molecule is O=C(CO)Cc1ccc(CCCCc2ccc(NC(=O)CO)cc2)cc1. The molecule has 2 aromatic carbocycles. The molecule has 0 spiro atoms. The number of aryl methyl sites for hydroxylation is 2. The topological polar surface area (TPSA) is 86.6 Å². The summed E-state index contributed by atoms with van der Waals surface area (Å²) in [7, 11) is 0. The van der Waals surface area contributed by atoms with Crippen LogP contribution in [0.15, 0.2) is 48.5 Å². The normalized spacial score (nSPS) is 10.5. The lowest BCUT2D eigenvalue weighted by atomic mass is 10.0. The molecular formula is C21H25NO4. The monoisotopic (exact) mass is 355 g/mol. The lowest BCUT2D eigenvalue weighted by molar-refractivity contribution is -0.121. The number of Topliss-reactive ketones (excluding diaryl/α,β-unsaturated/α-hetero) is 1. The Bertz CT molecular complexity index is 644. The van der Waals surface area contributed by atoms with Crippen LogP contribution < -0.4 is 5.32 Å². The molecule has 0 aliphatic carbocycles. The van der Waals surface area contributed by atoms with Crippen molar-refractivity contribution in [3.63, 3.8) is 0 Å². The zero-order valence-corrected chi connectivity index (χ0v) is 14.8. The molecule has 0 saturated heterocycles. The van der Waals surface area contributed by atoms with Crippen LogP contribution in [0.25, 0.3) is 0 Å². The standard InChI is InChI=1S/C21H25NO4/c23-14-20(25)13-18-7-5-16(6-8-18)3-1-2-4-17-9-11-19(12-10-17)22-21(26)15-24/h5-12,23-24H,1-4,13-15H2,(H,22,26). The molecule has 0 heterocycles. The molecule has 0 aromatic heterocycles. The Hall–Kier alpha value is -2.50. The van der Waals surface area contributed by atoms with E-state index in [0.29, 0.717) is 5.69 Å². The quantitative estimate of drug-likeness (QED) is 0.571. The number of hydrogen-bond donors (Lipinski definition) is 3. The van der Waals surface area contributed by atoms with Gasteiger partial charge in [-0.1, -0.05) is 36.4 Å². The molecule has 3 N–H and O–H groups in total. The average Bonchev–Trinajstić information content (AvgIpc) is 2.67. The van der Waals surface area contributed by atoms with Crippen LogP contribution >= 0.6 is 0 Å². The van der Waals surface area contributed by atoms with Gasteiger partial charge in [0.25, 0.3) is 0 Å². The number of carbonyl (C=O) groups is 2. The summed E-state index contributed by atoms with van der Waals surface area (Å²) in [5.74, 6) is -0.579. The smallest absolute Gasteiger partial charge is 0.250 e. The van der Waals surface area contributed by atoms with Gasteiger partial charge in [0.05, 0.1) is 0 Å². The predicted octanol–water partition coefficient (Wildman–Crippen LogP) is 2.29. The van der Waals surface area contributed by atoms with Crippen molar-refractivity contribution in [3.05, 3.63) is 65.2 Å². The number of anilines is 1. The van der Waals surface area contributed by atoms with Crippen LogP contribution in [0.2, 0.25) is 0 Å².